The summed E-state index contributed by atoms with van der Waals surface area (Å²) >= 11 is 1.91. The molecule has 0 saturated heterocycles. The van der Waals surface area contributed by atoms with Gasteiger partial charge in [0.1, 0.15) is 0 Å². The van der Waals surface area contributed by atoms with Gasteiger partial charge in [-0.15, -0.1) is 11.3 Å². The molecule has 0 radical (unpaired) electrons. The van der Waals surface area contributed by atoms with E-state index in [-0.39, 0.29) is 0 Å². The third kappa shape index (κ3) is 4.54. The molecule has 1 heteroatoms. The first-order valence-corrected chi connectivity index (χ1v) is 19.2. The van der Waals surface area contributed by atoms with Crippen LogP contribution in [-0.4, -0.2) is 0 Å². The van der Waals surface area contributed by atoms with Crippen LogP contribution in [0.4, 0.5) is 0 Å². The third-order valence-electron chi connectivity index (χ3n) is 11.4. The second-order valence-corrected chi connectivity index (χ2v) is 15.6. The van der Waals surface area contributed by atoms with Crippen LogP contribution in [0.15, 0.2) is 170 Å². The van der Waals surface area contributed by atoms with Gasteiger partial charge in [-0.05, 0) is 109 Å². The SMILES string of the molecule is Cc1ccc(-c2c3c(c(-c4ccc(C)cc4)c4ccccc24)-c2ccc(-c4cccc5c4sc4ccc(-c6ccccc6)cc45)c4cccc-3c24)cc1. The molecular weight excluding hydrogens is 657 g/mol. The summed E-state index contributed by atoms with van der Waals surface area (Å²) in [5.41, 5.74) is 18.1. The van der Waals surface area contributed by atoms with E-state index in [2.05, 4.69) is 184 Å². The molecule has 0 spiro atoms. The standard InChI is InChI=1S/C52H34S/c1-31-18-22-34(23-19-31)47-39-12-6-7-13-40(39)48(35-24-20-32(2)21-25-35)51-44-28-27-37(38-14-8-17-43(49(38)44)50(47)51)41-15-9-16-42-45-30-36(33-10-4-3-5-11-33)26-29-46(45)53-52(41)42/h3-30H,1-2H3. The van der Waals surface area contributed by atoms with Gasteiger partial charge in [-0.1, -0.05) is 169 Å². The van der Waals surface area contributed by atoms with Crippen molar-refractivity contribution in [2.45, 2.75) is 13.8 Å². The molecule has 0 aliphatic heterocycles. The van der Waals surface area contributed by atoms with Crippen LogP contribution >= 0.6 is 11.3 Å². The zero-order chi connectivity index (χ0) is 35.2. The molecule has 0 atom stereocenters. The Hall–Kier alpha value is -6.28. The predicted molar refractivity (Wildman–Crippen MR) is 230 cm³/mol. The van der Waals surface area contributed by atoms with Crippen molar-refractivity contribution in [2.24, 2.45) is 0 Å². The number of aryl methyl sites for hydroxylation is 2. The van der Waals surface area contributed by atoms with E-state index in [4.69, 9.17) is 0 Å². The van der Waals surface area contributed by atoms with Gasteiger partial charge in [0.15, 0.2) is 0 Å². The number of hydrogen-bond donors (Lipinski definition) is 0. The highest BCUT2D eigenvalue weighted by atomic mass is 32.1. The summed E-state index contributed by atoms with van der Waals surface area (Å²) in [5, 5.41) is 7.88. The second-order valence-electron chi connectivity index (χ2n) is 14.5. The van der Waals surface area contributed by atoms with E-state index in [9.17, 15) is 0 Å². The maximum atomic E-state index is 2.41. The quantitative estimate of drug-likeness (QED) is 0.172. The van der Waals surface area contributed by atoms with Crippen LogP contribution in [0, 0.1) is 13.8 Å². The van der Waals surface area contributed by atoms with Gasteiger partial charge in [0.05, 0.1) is 0 Å². The van der Waals surface area contributed by atoms with Crippen LogP contribution in [0.3, 0.4) is 0 Å². The van der Waals surface area contributed by atoms with Gasteiger partial charge in [-0.3, -0.25) is 0 Å². The average molecular weight is 691 g/mol. The Bertz CT molecular complexity index is 2990. The second kappa shape index (κ2) is 11.6. The van der Waals surface area contributed by atoms with E-state index in [0.717, 1.165) is 0 Å². The number of thiophene rings is 1. The van der Waals surface area contributed by atoms with Gasteiger partial charge in [0.25, 0.3) is 0 Å². The minimum Gasteiger partial charge on any atom is -0.135 e. The van der Waals surface area contributed by atoms with Crippen molar-refractivity contribution in [1.29, 1.82) is 0 Å². The summed E-state index contributed by atoms with van der Waals surface area (Å²) in [7, 11) is 0. The Morgan fingerprint density at radius 2 is 0.849 bits per heavy atom. The van der Waals surface area contributed by atoms with Crippen LogP contribution < -0.4 is 0 Å². The lowest BCUT2D eigenvalue weighted by molar-refractivity contribution is 1.47. The van der Waals surface area contributed by atoms with Crippen molar-refractivity contribution >= 4 is 53.1 Å². The lowest BCUT2D eigenvalue weighted by atomic mass is 9.82. The van der Waals surface area contributed by atoms with Gasteiger partial charge in [-0.25, -0.2) is 0 Å². The van der Waals surface area contributed by atoms with Crippen LogP contribution in [0.2, 0.25) is 0 Å². The topological polar surface area (TPSA) is 0 Å². The minimum atomic E-state index is 1.25. The lowest BCUT2D eigenvalue weighted by Crippen LogP contribution is -1.93. The van der Waals surface area contributed by atoms with Crippen LogP contribution in [0.1, 0.15) is 11.1 Å². The molecular formula is C52H34S. The summed E-state index contributed by atoms with van der Waals surface area (Å²) in [5.74, 6) is 0. The zero-order valence-electron chi connectivity index (χ0n) is 29.6. The molecule has 0 saturated carbocycles. The van der Waals surface area contributed by atoms with Crippen molar-refractivity contribution in [3.63, 3.8) is 0 Å². The minimum absolute atomic E-state index is 1.25. The first-order valence-electron chi connectivity index (χ1n) is 18.4. The van der Waals surface area contributed by atoms with Crippen LogP contribution in [0.5, 0.6) is 0 Å². The largest absolute Gasteiger partial charge is 0.135 e. The Kier molecular flexibility index (Phi) is 6.65. The summed E-state index contributed by atoms with van der Waals surface area (Å²) < 4.78 is 2.66. The molecule has 10 aromatic rings. The van der Waals surface area contributed by atoms with Gasteiger partial charge < -0.3 is 0 Å². The molecule has 53 heavy (non-hydrogen) atoms. The van der Waals surface area contributed by atoms with Gasteiger partial charge >= 0.3 is 0 Å². The first-order chi connectivity index (χ1) is 26.1. The summed E-state index contributed by atoms with van der Waals surface area (Å²) in [6.07, 6.45) is 0. The highest BCUT2D eigenvalue weighted by Gasteiger charge is 2.31. The molecule has 1 aliphatic carbocycles. The number of benzene rings is 9. The van der Waals surface area contributed by atoms with Crippen molar-refractivity contribution in [3.05, 3.63) is 181 Å². The van der Waals surface area contributed by atoms with Gasteiger partial charge in [0, 0.05) is 25.7 Å². The van der Waals surface area contributed by atoms with Crippen molar-refractivity contribution in [1.82, 2.24) is 0 Å². The molecule has 0 nitrogen and oxygen atoms in total. The van der Waals surface area contributed by atoms with Crippen LogP contribution in [0.25, 0.3) is 108 Å². The molecule has 0 amide bonds. The fourth-order valence-corrected chi connectivity index (χ4v) is 10.1. The first kappa shape index (κ1) is 30.4. The van der Waals surface area contributed by atoms with Gasteiger partial charge in [0.2, 0.25) is 0 Å². The fraction of sp³-hybridized carbons (Fsp3) is 0.0385. The van der Waals surface area contributed by atoms with E-state index in [0.29, 0.717) is 0 Å². The Labute approximate surface area is 313 Å². The predicted octanol–water partition coefficient (Wildman–Crippen LogP) is 15.3. The Balaban J connectivity index is 1.21. The monoisotopic (exact) mass is 690 g/mol. The molecule has 0 bridgehead atoms. The average Bonchev–Trinajstić information content (AvgIpc) is 3.75. The molecule has 1 aromatic heterocycles. The molecule has 1 heterocycles. The van der Waals surface area contributed by atoms with E-state index in [1.807, 2.05) is 11.3 Å². The molecule has 9 aromatic carbocycles. The number of rotatable bonds is 4. The van der Waals surface area contributed by atoms with Crippen molar-refractivity contribution < 1.29 is 0 Å². The van der Waals surface area contributed by atoms with E-state index >= 15 is 0 Å². The maximum Gasteiger partial charge on any atom is 0.0434 e. The Morgan fingerprint density at radius 3 is 1.51 bits per heavy atom. The fourth-order valence-electron chi connectivity index (χ4n) is 8.90. The van der Waals surface area contributed by atoms with Crippen molar-refractivity contribution in [3.8, 4) is 66.8 Å². The number of fused-ring (bicyclic) bond motifs is 7. The smallest absolute Gasteiger partial charge is 0.0434 e. The summed E-state index contributed by atoms with van der Waals surface area (Å²) in [4.78, 5) is 0. The zero-order valence-corrected chi connectivity index (χ0v) is 30.4. The van der Waals surface area contributed by atoms with Gasteiger partial charge in [-0.2, -0.15) is 0 Å². The molecule has 0 fully saturated rings. The Morgan fingerprint density at radius 1 is 0.321 bits per heavy atom. The summed E-state index contributed by atoms with van der Waals surface area (Å²) in [6.45, 7) is 4.34. The van der Waals surface area contributed by atoms with Crippen LogP contribution in [-0.2, 0) is 0 Å². The summed E-state index contributed by atoms with van der Waals surface area (Å²) in [6, 6.07) is 63.6. The number of hydrogen-bond acceptors (Lipinski definition) is 1. The van der Waals surface area contributed by atoms with E-state index in [1.165, 1.54) is 120 Å². The molecule has 248 valence electrons. The molecule has 1 aliphatic rings. The van der Waals surface area contributed by atoms with E-state index in [1.54, 1.807) is 0 Å². The molecule has 0 unspecified atom stereocenters. The molecule has 0 N–H and O–H groups in total. The highest BCUT2D eigenvalue weighted by Crippen LogP contribution is 2.59. The third-order valence-corrected chi connectivity index (χ3v) is 12.6. The molecule has 11 rings (SSSR count). The normalized spacial score (nSPS) is 12.0. The van der Waals surface area contributed by atoms with E-state index < -0.39 is 0 Å². The lowest BCUT2D eigenvalue weighted by Gasteiger charge is -2.20. The highest BCUT2D eigenvalue weighted by molar-refractivity contribution is 7.26. The van der Waals surface area contributed by atoms with Crippen molar-refractivity contribution in [2.75, 3.05) is 0 Å². The maximum absolute atomic E-state index is 2.41.